The smallest absolute Gasteiger partial charge is 0.122 e. The maximum Gasteiger partial charge on any atom is 0.122 e. The topological polar surface area (TPSA) is 121 Å². The van der Waals surface area contributed by atoms with Gasteiger partial charge in [-0.15, -0.1) is 0 Å². The molecule has 6 nitrogen and oxygen atoms in total. The third kappa shape index (κ3) is 8.32. The second-order valence-corrected chi connectivity index (χ2v) is 16.9. The number of aryl methyl sites for hydroxylation is 8. The molecule has 57 heavy (non-hydrogen) atoms. The maximum atomic E-state index is 12.0. The third-order valence-electron chi connectivity index (χ3n) is 11.8. The average Bonchev–Trinajstić information content (AvgIpc) is 3.13. The maximum absolute atomic E-state index is 12.0. The molecular weight excluding hydrogens is 709 g/mol. The highest BCUT2D eigenvalue weighted by Gasteiger charge is 2.29. The van der Waals surface area contributed by atoms with E-state index in [1.54, 1.807) is 0 Å². The minimum absolute atomic E-state index is 0.213. The highest BCUT2D eigenvalue weighted by molar-refractivity contribution is 5.57. The van der Waals surface area contributed by atoms with E-state index in [4.69, 9.17) is 0 Å². The Bertz CT molecular complexity index is 2110. The fourth-order valence-electron chi connectivity index (χ4n) is 8.42. The fourth-order valence-corrected chi connectivity index (χ4v) is 8.42. The monoisotopic (exact) mass is 764 g/mol. The van der Waals surface area contributed by atoms with Gasteiger partial charge in [0.1, 0.15) is 34.5 Å². The predicted molar refractivity (Wildman–Crippen MR) is 230 cm³/mol. The molecule has 0 heterocycles. The van der Waals surface area contributed by atoms with E-state index in [1.165, 1.54) is 0 Å². The lowest BCUT2D eigenvalue weighted by molar-refractivity contribution is 0.461. The van der Waals surface area contributed by atoms with E-state index in [1.807, 2.05) is 104 Å². The summed E-state index contributed by atoms with van der Waals surface area (Å²) in [6, 6.07) is 24.0. The Balaban J connectivity index is 1.53. The SMILES string of the molecule is Cc1cc(Cc2cc(C(C)(C)c3cc(Cc4cc(C)c(O)c(C)c4)c(O)c(Cc4cc(C)c(O)c(C)c4)c3)cc(Cc3cc(C)c(O)c(C)c3)c2O)cc(C)c1O. The predicted octanol–water partition coefficient (Wildman–Crippen LogP) is 11.1. The zero-order chi connectivity index (χ0) is 41.7. The summed E-state index contributed by atoms with van der Waals surface area (Å²) < 4.78 is 0. The minimum Gasteiger partial charge on any atom is -0.507 e. The molecule has 6 rings (SSSR count). The van der Waals surface area contributed by atoms with E-state index in [2.05, 4.69) is 38.1 Å². The van der Waals surface area contributed by atoms with Gasteiger partial charge in [0.05, 0.1) is 0 Å². The zero-order valence-electron chi connectivity index (χ0n) is 34.9. The molecule has 6 aromatic rings. The van der Waals surface area contributed by atoms with Crippen LogP contribution >= 0.6 is 0 Å². The summed E-state index contributed by atoms with van der Waals surface area (Å²) in [5, 5.41) is 66.0. The van der Waals surface area contributed by atoms with Crippen molar-refractivity contribution in [3.05, 3.63) is 173 Å². The van der Waals surface area contributed by atoms with Crippen LogP contribution in [0.4, 0.5) is 0 Å². The van der Waals surface area contributed by atoms with Crippen LogP contribution in [0.1, 0.15) is 114 Å². The number of phenolic OH excluding ortho intramolecular Hbond substituents is 6. The molecule has 6 aromatic carbocycles. The van der Waals surface area contributed by atoms with Crippen molar-refractivity contribution in [2.75, 3.05) is 0 Å². The number of hydrogen-bond donors (Lipinski definition) is 6. The van der Waals surface area contributed by atoms with Crippen molar-refractivity contribution in [1.29, 1.82) is 0 Å². The zero-order valence-corrected chi connectivity index (χ0v) is 34.9. The Kier molecular flexibility index (Phi) is 11.1. The quantitative estimate of drug-likeness (QED) is 0.0826. The van der Waals surface area contributed by atoms with Crippen molar-refractivity contribution in [3.63, 3.8) is 0 Å². The molecule has 0 bridgehead atoms. The molecule has 0 aromatic heterocycles. The number of rotatable bonds is 10. The summed E-state index contributed by atoms with van der Waals surface area (Å²) in [5.74, 6) is 1.50. The first-order chi connectivity index (χ1) is 26.7. The number of aromatic hydroxyl groups is 6. The van der Waals surface area contributed by atoms with E-state index < -0.39 is 5.41 Å². The molecule has 6 heteroatoms. The van der Waals surface area contributed by atoms with E-state index in [-0.39, 0.29) is 34.5 Å². The molecular formula is C51H56O6. The number of hydrogen-bond acceptors (Lipinski definition) is 6. The van der Waals surface area contributed by atoms with Gasteiger partial charge in [0.2, 0.25) is 0 Å². The van der Waals surface area contributed by atoms with Crippen molar-refractivity contribution in [2.24, 2.45) is 0 Å². The van der Waals surface area contributed by atoms with Gasteiger partial charge in [-0.2, -0.15) is 0 Å². The first-order valence-electron chi connectivity index (χ1n) is 19.6. The summed E-state index contributed by atoms with van der Waals surface area (Å²) in [6.07, 6.45) is 1.79. The van der Waals surface area contributed by atoms with Crippen LogP contribution in [0, 0.1) is 55.4 Å². The van der Waals surface area contributed by atoms with E-state index in [0.29, 0.717) is 25.7 Å². The second-order valence-electron chi connectivity index (χ2n) is 16.9. The Morgan fingerprint density at radius 2 is 0.474 bits per heavy atom. The number of phenols is 6. The van der Waals surface area contributed by atoms with Crippen LogP contribution in [-0.4, -0.2) is 30.6 Å². The Morgan fingerprint density at radius 1 is 0.298 bits per heavy atom. The standard InChI is InChI=1S/C51H56O6/c1-27-11-35(12-28(2)45(27)52)19-39-23-43(24-40(49(39)56)20-36-13-29(3)46(53)30(4)14-36)51(9,10)44-25-41(21-37-15-31(5)47(54)32(6)16-37)50(57)42(26-44)22-38-17-33(7)48(55)34(8)18-38/h11-18,23-26,52-57H,19-22H2,1-10H3. The molecule has 6 N–H and O–H groups in total. The van der Waals surface area contributed by atoms with Gasteiger partial charge < -0.3 is 30.6 Å². The van der Waals surface area contributed by atoms with Gasteiger partial charge >= 0.3 is 0 Å². The van der Waals surface area contributed by atoms with Crippen LogP contribution in [0.3, 0.4) is 0 Å². The van der Waals surface area contributed by atoms with Crippen molar-refractivity contribution in [3.8, 4) is 34.5 Å². The summed E-state index contributed by atoms with van der Waals surface area (Å²) >= 11 is 0. The molecule has 0 spiro atoms. The molecule has 0 atom stereocenters. The Morgan fingerprint density at radius 3 is 0.649 bits per heavy atom. The second kappa shape index (κ2) is 15.6. The normalized spacial score (nSPS) is 11.7. The van der Waals surface area contributed by atoms with Crippen LogP contribution < -0.4 is 0 Å². The molecule has 0 aliphatic carbocycles. The van der Waals surface area contributed by atoms with Crippen LogP contribution in [0.2, 0.25) is 0 Å². The fraction of sp³-hybridized carbons (Fsp3) is 0.294. The third-order valence-corrected chi connectivity index (χ3v) is 11.8. The molecule has 296 valence electrons. The highest BCUT2D eigenvalue weighted by atomic mass is 16.3. The molecule has 0 aliphatic rings. The largest absolute Gasteiger partial charge is 0.507 e. The van der Waals surface area contributed by atoms with Gasteiger partial charge in [-0.05, 0) is 156 Å². The van der Waals surface area contributed by atoms with Gasteiger partial charge in [-0.3, -0.25) is 0 Å². The Hall–Kier alpha value is -5.88. The summed E-state index contributed by atoms with van der Waals surface area (Å²) in [7, 11) is 0. The highest BCUT2D eigenvalue weighted by Crippen LogP contribution is 2.42. The average molecular weight is 765 g/mol. The Labute approximate surface area is 337 Å². The van der Waals surface area contributed by atoms with Gasteiger partial charge in [0.15, 0.2) is 0 Å². The summed E-state index contributed by atoms with van der Waals surface area (Å²) in [4.78, 5) is 0. The van der Waals surface area contributed by atoms with Crippen molar-refractivity contribution in [2.45, 2.75) is 100 Å². The molecule has 0 saturated carbocycles. The van der Waals surface area contributed by atoms with Crippen LogP contribution in [0.5, 0.6) is 34.5 Å². The lowest BCUT2D eigenvalue weighted by Gasteiger charge is -2.30. The summed E-state index contributed by atoms with van der Waals surface area (Å²) in [5.41, 5.74) is 14.5. The van der Waals surface area contributed by atoms with Crippen molar-refractivity contribution < 1.29 is 30.6 Å². The first-order valence-corrected chi connectivity index (χ1v) is 19.6. The van der Waals surface area contributed by atoms with Gasteiger partial charge in [0, 0.05) is 31.1 Å². The molecule has 0 unspecified atom stereocenters. The molecule has 0 amide bonds. The van der Waals surface area contributed by atoms with Gasteiger partial charge in [-0.25, -0.2) is 0 Å². The van der Waals surface area contributed by atoms with Crippen molar-refractivity contribution in [1.82, 2.24) is 0 Å². The van der Waals surface area contributed by atoms with Crippen LogP contribution in [0.25, 0.3) is 0 Å². The van der Waals surface area contributed by atoms with Crippen LogP contribution in [0.15, 0.2) is 72.8 Å². The first kappa shape index (κ1) is 40.8. The molecule has 0 fully saturated rings. The van der Waals surface area contributed by atoms with Crippen molar-refractivity contribution >= 4 is 0 Å². The van der Waals surface area contributed by atoms with Crippen LogP contribution in [-0.2, 0) is 31.1 Å². The lowest BCUT2D eigenvalue weighted by atomic mass is 9.74. The molecule has 0 saturated heterocycles. The minimum atomic E-state index is -0.614. The lowest BCUT2D eigenvalue weighted by Crippen LogP contribution is -2.21. The van der Waals surface area contributed by atoms with E-state index in [9.17, 15) is 30.6 Å². The molecule has 0 aliphatic heterocycles. The van der Waals surface area contributed by atoms with Gasteiger partial charge in [-0.1, -0.05) is 86.6 Å². The number of benzene rings is 6. The van der Waals surface area contributed by atoms with E-state index >= 15 is 0 Å². The molecule has 0 radical (unpaired) electrons. The van der Waals surface area contributed by atoms with Gasteiger partial charge in [0.25, 0.3) is 0 Å². The van der Waals surface area contributed by atoms with E-state index in [0.717, 1.165) is 100 Å². The summed E-state index contributed by atoms with van der Waals surface area (Å²) in [6.45, 7) is 19.4.